The van der Waals surface area contributed by atoms with Crippen LogP contribution in [0.3, 0.4) is 0 Å². The van der Waals surface area contributed by atoms with Crippen molar-refractivity contribution in [1.82, 2.24) is 24.6 Å². The maximum Gasteiger partial charge on any atom is 0.239 e. The van der Waals surface area contributed by atoms with Crippen LogP contribution < -0.4 is 0 Å². The van der Waals surface area contributed by atoms with Gasteiger partial charge >= 0.3 is 0 Å². The van der Waals surface area contributed by atoms with Crippen LogP contribution in [0.1, 0.15) is 25.3 Å². The predicted octanol–water partition coefficient (Wildman–Crippen LogP) is 1.79. The second kappa shape index (κ2) is 7.57. The number of amides is 1. The third-order valence-corrected chi connectivity index (χ3v) is 4.78. The first kappa shape index (κ1) is 16.6. The molecule has 1 aromatic heterocycles. The Morgan fingerprint density at radius 3 is 2.88 bits per heavy atom. The van der Waals surface area contributed by atoms with Gasteiger partial charge in [-0.1, -0.05) is 30.3 Å². The lowest BCUT2D eigenvalue weighted by Gasteiger charge is -2.32. The van der Waals surface area contributed by atoms with Crippen molar-refractivity contribution >= 4 is 5.91 Å². The molecule has 6 nitrogen and oxygen atoms in total. The van der Waals surface area contributed by atoms with Crippen LogP contribution in [0.4, 0.5) is 0 Å². The number of benzene rings is 1. The van der Waals surface area contributed by atoms with Gasteiger partial charge in [0.05, 0.1) is 12.6 Å². The van der Waals surface area contributed by atoms with Gasteiger partial charge in [0.2, 0.25) is 5.91 Å². The number of hydrogen-bond acceptors (Lipinski definition) is 4. The summed E-state index contributed by atoms with van der Waals surface area (Å²) in [5, 5.41) is 4.19. The van der Waals surface area contributed by atoms with Gasteiger partial charge in [0.15, 0.2) is 0 Å². The van der Waals surface area contributed by atoms with Crippen molar-refractivity contribution in [3.8, 4) is 0 Å². The van der Waals surface area contributed by atoms with Crippen molar-refractivity contribution in [1.29, 1.82) is 0 Å². The molecule has 1 fully saturated rings. The Hall–Kier alpha value is -2.21. The van der Waals surface area contributed by atoms with Crippen LogP contribution in [0.25, 0.3) is 0 Å². The molecule has 1 amide bonds. The fraction of sp³-hybridized carbons (Fsp3) is 0.500. The number of aromatic nitrogens is 3. The predicted molar refractivity (Wildman–Crippen MR) is 92.1 cm³/mol. The molecule has 0 spiro atoms. The van der Waals surface area contributed by atoms with E-state index < -0.39 is 0 Å². The van der Waals surface area contributed by atoms with E-state index in [0.29, 0.717) is 12.6 Å². The van der Waals surface area contributed by atoms with E-state index in [-0.39, 0.29) is 11.9 Å². The van der Waals surface area contributed by atoms with E-state index >= 15 is 0 Å². The van der Waals surface area contributed by atoms with Crippen LogP contribution >= 0.6 is 0 Å². The Balaban J connectivity index is 1.61. The minimum atomic E-state index is -0.116. The molecule has 1 aliphatic rings. The molecule has 0 aliphatic carbocycles. The van der Waals surface area contributed by atoms with Crippen molar-refractivity contribution in [3.63, 3.8) is 0 Å². The Kier molecular flexibility index (Phi) is 5.25. The highest BCUT2D eigenvalue weighted by atomic mass is 16.2. The first-order valence-corrected chi connectivity index (χ1v) is 8.52. The smallest absolute Gasteiger partial charge is 0.239 e. The molecule has 128 valence electrons. The number of hydrogen-bond donors (Lipinski definition) is 0. The lowest BCUT2D eigenvalue weighted by molar-refractivity contribution is -0.136. The van der Waals surface area contributed by atoms with Gasteiger partial charge in [0.1, 0.15) is 12.7 Å². The van der Waals surface area contributed by atoms with Gasteiger partial charge in [-0.25, -0.2) is 4.98 Å². The second-order valence-electron chi connectivity index (χ2n) is 6.51. The average molecular weight is 327 g/mol. The summed E-state index contributed by atoms with van der Waals surface area (Å²) < 4.78 is 1.86. The third-order valence-electron chi connectivity index (χ3n) is 4.78. The molecule has 0 radical (unpaired) electrons. The summed E-state index contributed by atoms with van der Waals surface area (Å²) in [5.41, 5.74) is 1.15. The zero-order valence-electron chi connectivity index (χ0n) is 14.4. The second-order valence-corrected chi connectivity index (χ2v) is 6.51. The van der Waals surface area contributed by atoms with Gasteiger partial charge in [0, 0.05) is 19.6 Å². The highest BCUT2D eigenvalue weighted by Gasteiger charge is 2.33. The average Bonchev–Trinajstić information content (AvgIpc) is 3.27. The van der Waals surface area contributed by atoms with E-state index in [2.05, 4.69) is 27.1 Å². The minimum Gasteiger partial charge on any atom is -0.340 e. The van der Waals surface area contributed by atoms with Crippen LogP contribution in [0.5, 0.6) is 0 Å². The molecule has 24 heavy (non-hydrogen) atoms. The van der Waals surface area contributed by atoms with Crippen LogP contribution in [0.2, 0.25) is 0 Å². The number of likely N-dealkylation sites (tertiary alicyclic amines) is 1. The summed E-state index contributed by atoms with van der Waals surface area (Å²) in [6, 6.07) is 10.3. The van der Waals surface area contributed by atoms with Crippen molar-refractivity contribution in [2.75, 3.05) is 13.6 Å². The fourth-order valence-electron chi connectivity index (χ4n) is 3.50. The highest BCUT2D eigenvalue weighted by Crippen LogP contribution is 2.22. The molecule has 2 heterocycles. The molecule has 6 heteroatoms. The Bertz CT molecular complexity index is 643. The van der Waals surface area contributed by atoms with Crippen molar-refractivity contribution in [2.24, 2.45) is 0 Å². The maximum atomic E-state index is 12.8. The van der Waals surface area contributed by atoms with E-state index in [4.69, 9.17) is 0 Å². The summed E-state index contributed by atoms with van der Waals surface area (Å²) in [4.78, 5) is 21.0. The number of nitrogens with zero attached hydrogens (tertiary/aromatic N) is 5. The van der Waals surface area contributed by atoms with Gasteiger partial charge in [-0.15, -0.1) is 0 Å². The van der Waals surface area contributed by atoms with E-state index in [1.165, 1.54) is 0 Å². The Morgan fingerprint density at radius 1 is 1.38 bits per heavy atom. The van der Waals surface area contributed by atoms with Gasteiger partial charge in [-0.05, 0) is 31.9 Å². The third kappa shape index (κ3) is 3.82. The number of likely N-dealkylation sites (N-methyl/N-ethyl adjacent to an activating group) is 1. The summed E-state index contributed by atoms with van der Waals surface area (Å²) >= 11 is 0. The molecule has 3 rings (SSSR count). The summed E-state index contributed by atoms with van der Waals surface area (Å²) in [6.07, 6.45) is 5.52. The van der Waals surface area contributed by atoms with E-state index in [9.17, 15) is 4.79 Å². The fourth-order valence-corrected chi connectivity index (χ4v) is 3.50. The molecule has 2 aromatic rings. The minimum absolute atomic E-state index is 0.116. The SMILES string of the molecule is CC(C(=O)N(C)Cc1ccccc1)N1CCCC1Cn1cncn1. The number of carbonyl (C=O) groups is 1. The molecule has 1 aliphatic heterocycles. The normalized spacial score (nSPS) is 19.3. The molecule has 2 atom stereocenters. The molecule has 0 saturated carbocycles. The summed E-state index contributed by atoms with van der Waals surface area (Å²) in [5.74, 6) is 0.171. The summed E-state index contributed by atoms with van der Waals surface area (Å²) in [6.45, 7) is 4.42. The van der Waals surface area contributed by atoms with E-state index in [1.807, 2.05) is 41.8 Å². The molecule has 0 N–H and O–H groups in total. The summed E-state index contributed by atoms with van der Waals surface area (Å²) in [7, 11) is 1.88. The van der Waals surface area contributed by atoms with Crippen molar-refractivity contribution in [3.05, 3.63) is 48.5 Å². The largest absolute Gasteiger partial charge is 0.340 e. The highest BCUT2D eigenvalue weighted by molar-refractivity contribution is 5.81. The van der Waals surface area contributed by atoms with Crippen LogP contribution in [-0.4, -0.2) is 56.1 Å². The number of rotatable bonds is 6. The quantitative estimate of drug-likeness (QED) is 0.812. The lowest BCUT2D eigenvalue weighted by atomic mass is 10.1. The monoisotopic (exact) mass is 327 g/mol. The van der Waals surface area contributed by atoms with Gasteiger partial charge in [-0.2, -0.15) is 5.10 Å². The van der Waals surface area contributed by atoms with Crippen molar-refractivity contribution in [2.45, 2.75) is 44.9 Å². The van der Waals surface area contributed by atoms with E-state index in [1.54, 1.807) is 12.7 Å². The molecular weight excluding hydrogens is 302 g/mol. The molecule has 0 bridgehead atoms. The van der Waals surface area contributed by atoms with Gasteiger partial charge in [-0.3, -0.25) is 14.4 Å². The van der Waals surface area contributed by atoms with Gasteiger partial charge < -0.3 is 4.90 Å². The maximum absolute atomic E-state index is 12.8. The first-order valence-electron chi connectivity index (χ1n) is 8.52. The standard InChI is InChI=1S/C18H25N5O/c1-15(18(24)21(2)11-16-7-4-3-5-8-16)23-10-6-9-17(23)12-22-14-19-13-20-22/h3-5,7-8,13-15,17H,6,9-12H2,1-2H3. The molecular formula is C18H25N5O. The number of carbonyl (C=O) groups excluding carboxylic acids is 1. The Labute approximate surface area is 143 Å². The Morgan fingerprint density at radius 2 is 2.17 bits per heavy atom. The molecule has 2 unspecified atom stereocenters. The molecule has 1 aromatic carbocycles. The zero-order valence-corrected chi connectivity index (χ0v) is 14.4. The van der Waals surface area contributed by atoms with E-state index in [0.717, 1.165) is 31.5 Å². The first-order chi connectivity index (χ1) is 11.6. The molecule has 1 saturated heterocycles. The van der Waals surface area contributed by atoms with Gasteiger partial charge in [0.25, 0.3) is 0 Å². The van der Waals surface area contributed by atoms with Crippen LogP contribution in [-0.2, 0) is 17.9 Å². The van der Waals surface area contributed by atoms with Crippen LogP contribution in [0, 0.1) is 0 Å². The van der Waals surface area contributed by atoms with Crippen LogP contribution in [0.15, 0.2) is 43.0 Å². The van der Waals surface area contributed by atoms with Crippen molar-refractivity contribution < 1.29 is 4.79 Å². The lowest BCUT2D eigenvalue weighted by Crippen LogP contribution is -2.48. The zero-order chi connectivity index (χ0) is 16.9. The topological polar surface area (TPSA) is 54.3 Å².